The van der Waals surface area contributed by atoms with Crippen LogP contribution in [0, 0.1) is 6.92 Å². The third-order valence-corrected chi connectivity index (χ3v) is 5.85. The van der Waals surface area contributed by atoms with E-state index in [1.165, 1.54) is 16.1 Å². The lowest BCUT2D eigenvalue weighted by Crippen LogP contribution is -2.22. The third-order valence-electron chi connectivity index (χ3n) is 4.84. The Morgan fingerprint density at radius 2 is 2.04 bits per heavy atom. The zero-order chi connectivity index (χ0) is 17.2. The molecule has 1 N–H and O–H groups in total. The normalized spacial score (nSPS) is 16.4. The lowest BCUT2D eigenvalue weighted by atomic mass is 10.1. The van der Waals surface area contributed by atoms with Crippen LogP contribution in [0.4, 0.5) is 0 Å². The van der Waals surface area contributed by atoms with E-state index >= 15 is 0 Å². The number of nitrogens with zero attached hydrogens (tertiary/aromatic N) is 3. The highest BCUT2D eigenvalue weighted by Crippen LogP contribution is 2.25. The van der Waals surface area contributed by atoms with Gasteiger partial charge in [-0.15, -0.1) is 11.3 Å². The standard InChI is InChI=1S/C20H23N3OS/c1-15-8-11-25-19(15)14-22-9-5-10-23-17(13-22)12-18(21-23)20(24)16-6-3-2-4-7-16/h2-4,6-8,11-12,20,24H,5,9-10,13-14H2,1H3. The number of aryl methyl sites for hydroxylation is 2. The first-order valence-electron chi connectivity index (χ1n) is 8.75. The van der Waals surface area contributed by atoms with Gasteiger partial charge >= 0.3 is 0 Å². The van der Waals surface area contributed by atoms with Crippen molar-refractivity contribution in [3.8, 4) is 0 Å². The quantitative estimate of drug-likeness (QED) is 0.777. The molecule has 1 aliphatic heterocycles. The van der Waals surface area contributed by atoms with Gasteiger partial charge < -0.3 is 5.11 Å². The molecule has 0 radical (unpaired) electrons. The molecule has 0 fully saturated rings. The Kier molecular flexibility index (Phi) is 4.70. The molecule has 2 aromatic heterocycles. The fourth-order valence-corrected chi connectivity index (χ4v) is 4.34. The molecule has 1 aromatic carbocycles. The summed E-state index contributed by atoms with van der Waals surface area (Å²) in [6, 6.07) is 14.0. The van der Waals surface area contributed by atoms with Gasteiger partial charge in [-0.25, -0.2) is 0 Å². The van der Waals surface area contributed by atoms with Gasteiger partial charge in [0.05, 0.1) is 11.4 Å². The van der Waals surface area contributed by atoms with Gasteiger partial charge in [-0.2, -0.15) is 5.10 Å². The molecule has 1 atom stereocenters. The smallest absolute Gasteiger partial charge is 0.123 e. The molecule has 1 unspecified atom stereocenters. The van der Waals surface area contributed by atoms with Crippen LogP contribution in [0.3, 0.4) is 0 Å². The number of rotatable bonds is 4. The largest absolute Gasteiger partial charge is 0.382 e. The summed E-state index contributed by atoms with van der Waals surface area (Å²) in [5, 5.41) is 17.5. The van der Waals surface area contributed by atoms with Crippen LogP contribution in [-0.4, -0.2) is 26.3 Å². The molecule has 0 bridgehead atoms. The van der Waals surface area contributed by atoms with Crippen LogP contribution in [0.1, 0.15) is 39.9 Å². The van der Waals surface area contributed by atoms with Crippen molar-refractivity contribution in [1.29, 1.82) is 0 Å². The molecule has 0 aliphatic carbocycles. The molecule has 3 heterocycles. The molecule has 0 spiro atoms. The van der Waals surface area contributed by atoms with E-state index in [9.17, 15) is 5.11 Å². The molecule has 3 aromatic rings. The number of hydrogen-bond acceptors (Lipinski definition) is 4. The van der Waals surface area contributed by atoms with E-state index < -0.39 is 6.10 Å². The molecule has 4 rings (SSSR count). The van der Waals surface area contributed by atoms with Crippen LogP contribution in [0.25, 0.3) is 0 Å². The summed E-state index contributed by atoms with van der Waals surface area (Å²) < 4.78 is 2.07. The van der Waals surface area contributed by atoms with E-state index in [1.54, 1.807) is 0 Å². The van der Waals surface area contributed by atoms with Crippen LogP contribution in [-0.2, 0) is 19.6 Å². The highest BCUT2D eigenvalue weighted by Gasteiger charge is 2.21. The van der Waals surface area contributed by atoms with Gasteiger partial charge in [-0.05, 0) is 42.0 Å². The van der Waals surface area contributed by atoms with Crippen molar-refractivity contribution >= 4 is 11.3 Å². The van der Waals surface area contributed by atoms with Crippen LogP contribution < -0.4 is 0 Å². The Labute approximate surface area is 152 Å². The van der Waals surface area contributed by atoms with Gasteiger partial charge in [0.25, 0.3) is 0 Å². The number of aliphatic hydroxyl groups is 1. The molecule has 0 saturated heterocycles. The zero-order valence-electron chi connectivity index (χ0n) is 14.4. The van der Waals surface area contributed by atoms with Crippen molar-refractivity contribution in [3.05, 3.63) is 75.2 Å². The molecule has 130 valence electrons. The lowest BCUT2D eigenvalue weighted by molar-refractivity contribution is 0.213. The summed E-state index contributed by atoms with van der Waals surface area (Å²) in [4.78, 5) is 3.93. The van der Waals surface area contributed by atoms with Crippen LogP contribution in [0.5, 0.6) is 0 Å². The average Bonchev–Trinajstić information content (AvgIpc) is 3.16. The molecular weight excluding hydrogens is 330 g/mol. The van der Waals surface area contributed by atoms with Crippen molar-refractivity contribution in [1.82, 2.24) is 14.7 Å². The Balaban J connectivity index is 1.53. The molecule has 4 nitrogen and oxygen atoms in total. The summed E-state index contributed by atoms with van der Waals surface area (Å²) >= 11 is 1.83. The van der Waals surface area contributed by atoms with Crippen molar-refractivity contribution in [3.63, 3.8) is 0 Å². The van der Waals surface area contributed by atoms with E-state index in [1.807, 2.05) is 41.7 Å². The number of benzene rings is 1. The number of aliphatic hydroxyl groups excluding tert-OH is 1. The summed E-state index contributed by atoms with van der Waals surface area (Å²) in [6.45, 7) is 6.05. The van der Waals surface area contributed by atoms with Gasteiger partial charge in [0.2, 0.25) is 0 Å². The van der Waals surface area contributed by atoms with E-state index in [4.69, 9.17) is 0 Å². The average molecular weight is 353 g/mol. The van der Waals surface area contributed by atoms with Gasteiger partial charge in [-0.1, -0.05) is 30.3 Å². The van der Waals surface area contributed by atoms with Crippen molar-refractivity contribution < 1.29 is 5.11 Å². The maximum absolute atomic E-state index is 10.6. The molecule has 0 saturated carbocycles. The second-order valence-corrected chi connectivity index (χ2v) is 7.69. The van der Waals surface area contributed by atoms with Gasteiger partial charge in [-0.3, -0.25) is 9.58 Å². The molecule has 25 heavy (non-hydrogen) atoms. The fourth-order valence-electron chi connectivity index (χ4n) is 3.39. The molecular formula is C20H23N3OS. The Hall–Kier alpha value is -1.95. The van der Waals surface area contributed by atoms with Crippen molar-refractivity contribution in [2.24, 2.45) is 0 Å². The first-order valence-corrected chi connectivity index (χ1v) is 9.63. The van der Waals surface area contributed by atoms with Gasteiger partial charge in [0.15, 0.2) is 0 Å². The molecule has 0 amide bonds. The van der Waals surface area contributed by atoms with E-state index in [-0.39, 0.29) is 0 Å². The SMILES string of the molecule is Cc1ccsc1CN1CCCn2nc(C(O)c3ccccc3)cc2C1. The van der Waals surface area contributed by atoms with Crippen LogP contribution in [0.15, 0.2) is 47.8 Å². The minimum Gasteiger partial charge on any atom is -0.382 e. The van der Waals surface area contributed by atoms with Gasteiger partial charge in [0.1, 0.15) is 6.10 Å². The summed E-state index contributed by atoms with van der Waals surface area (Å²) in [5.41, 5.74) is 4.21. The second kappa shape index (κ2) is 7.12. The van der Waals surface area contributed by atoms with Crippen LogP contribution >= 0.6 is 11.3 Å². The number of thiophene rings is 1. The van der Waals surface area contributed by atoms with Crippen molar-refractivity contribution in [2.45, 2.75) is 39.1 Å². The Morgan fingerprint density at radius 3 is 2.80 bits per heavy atom. The second-order valence-electron chi connectivity index (χ2n) is 6.69. The van der Waals surface area contributed by atoms with Gasteiger partial charge in [0, 0.05) is 31.1 Å². The fraction of sp³-hybridized carbons (Fsp3) is 0.350. The number of fused-ring (bicyclic) bond motifs is 1. The number of aromatic nitrogens is 2. The summed E-state index contributed by atoms with van der Waals surface area (Å²) in [6.07, 6.45) is 0.425. The van der Waals surface area contributed by atoms with Crippen molar-refractivity contribution in [2.75, 3.05) is 6.54 Å². The predicted molar refractivity (Wildman–Crippen MR) is 101 cm³/mol. The predicted octanol–water partition coefficient (Wildman–Crippen LogP) is 3.74. The molecule has 1 aliphatic rings. The minimum atomic E-state index is -0.659. The van der Waals surface area contributed by atoms with E-state index in [2.05, 4.69) is 39.1 Å². The zero-order valence-corrected chi connectivity index (χ0v) is 15.2. The summed E-state index contributed by atoms with van der Waals surface area (Å²) in [7, 11) is 0. The first-order chi connectivity index (χ1) is 12.2. The number of hydrogen-bond donors (Lipinski definition) is 1. The lowest BCUT2D eigenvalue weighted by Gasteiger charge is -2.19. The maximum atomic E-state index is 10.6. The maximum Gasteiger partial charge on any atom is 0.123 e. The Bertz CT molecular complexity index is 840. The van der Waals surface area contributed by atoms with E-state index in [0.717, 1.165) is 43.9 Å². The van der Waals surface area contributed by atoms with E-state index in [0.29, 0.717) is 0 Å². The highest BCUT2D eigenvalue weighted by atomic mass is 32.1. The highest BCUT2D eigenvalue weighted by molar-refractivity contribution is 7.10. The van der Waals surface area contributed by atoms with Crippen LogP contribution in [0.2, 0.25) is 0 Å². The summed E-state index contributed by atoms with van der Waals surface area (Å²) in [5.74, 6) is 0. The third kappa shape index (κ3) is 3.54. The minimum absolute atomic E-state index is 0.659. The topological polar surface area (TPSA) is 41.3 Å². The monoisotopic (exact) mass is 353 g/mol. The Morgan fingerprint density at radius 1 is 1.20 bits per heavy atom. The molecule has 5 heteroatoms. The first kappa shape index (κ1) is 16.5.